The third-order valence-corrected chi connectivity index (χ3v) is 3.71. The molecular formula is C13H18BrFN2. The molecule has 0 aliphatic carbocycles. The van der Waals surface area contributed by atoms with Gasteiger partial charge in [-0.05, 0) is 56.6 Å². The number of nitrogens with one attached hydrogen (secondary N) is 2. The standard InChI is InChI=1S/C13H18BrFN2/c14-12-1-2-13(15)11(7-12)9-17-8-10-3-5-16-6-4-10/h1-2,7,10,16-17H,3-6,8-9H2. The lowest BCUT2D eigenvalue weighted by Gasteiger charge is -2.22. The number of rotatable bonds is 4. The Morgan fingerprint density at radius 3 is 2.88 bits per heavy atom. The first-order valence-electron chi connectivity index (χ1n) is 6.11. The Balaban J connectivity index is 1.79. The molecule has 1 aliphatic heterocycles. The lowest BCUT2D eigenvalue weighted by molar-refractivity contribution is 0.355. The van der Waals surface area contributed by atoms with E-state index in [4.69, 9.17) is 0 Å². The number of benzene rings is 1. The lowest BCUT2D eigenvalue weighted by atomic mass is 9.98. The molecule has 1 aliphatic rings. The Kier molecular flexibility index (Phi) is 4.95. The van der Waals surface area contributed by atoms with E-state index in [2.05, 4.69) is 26.6 Å². The van der Waals surface area contributed by atoms with Crippen molar-refractivity contribution in [3.63, 3.8) is 0 Å². The van der Waals surface area contributed by atoms with Crippen LogP contribution in [0.25, 0.3) is 0 Å². The van der Waals surface area contributed by atoms with E-state index in [9.17, 15) is 4.39 Å². The maximum absolute atomic E-state index is 13.5. The van der Waals surface area contributed by atoms with Gasteiger partial charge >= 0.3 is 0 Å². The second-order valence-electron chi connectivity index (χ2n) is 4.56. The number of hydrogen-bond donors (Lipinski definition) is 2. The van der Waals surface area contributed by atoms with Crippen molar-refractivity contribution >= 4 is 15.9 Å². The Morgan fingerprint density at radius 2 is 2.12 bits per heavy atom. The minimum Gasteiger partial charge on any atom is -0.317 e. The first-order valence-corrected chi connectivity index (χ1v) is 6.90. The van der Waals surface area contributed by atoms with E-state index in [1.54, 1.807) is 6.07 Å². The molecule has 1 aromatic rings. The summed E-state index contributed by atoms with van der Waals surface area (Å²) < 4.78 is 14.4. The zero-order valence-corrected chi connectivity index (χ0v) is 11.4. The Morgan fingerprint density at radius 1 is 1.35 bits per heavy atom. The smallest absolute Gasteiger partial charge is 0.127 e. The molecule has 2 rings (SSSR count). The summed E-state index contributed by atoms with van der Waals surface area (Å²) in [6.07, 6.45) is 2.43. The van der Waals surface area contributed by atoms with Crippen molar-refractivity contribution in [1.82, 2.24) is 10.6 Å². The molecule has 0 spiro atoms. The van der Waals surface area contributed by atoms with Gasteiger partial charge in [0.2, 0.25) is 0 Å². The van der Waals surface area contributed by atoms with Crippen LogP contribution in [0.3, 0.4) is 0 Å². The third-order valence-electron chi connectivity index (χ3n) is 3.21. The molecule has 4 heteroatoms. The van der Waals surface area contributed by atoms with E-state index >= 15 is 0 Å². The van der Waals surface area contributed by atoms with Gasteiger partial charge in [-0.1, -0.05) is 15.9 Å². The molecule has 1 heterocycles. The highest BCUT2D eigenvalue weighted by Crippen LogP contribution is 2.16. The van der Waals surface area contributed by atoms with Gasteiger partial charge in [0.25, 0.3) is 0 Å². The molecule has 0 saturated carbocycles. The van der Waals surface area contributed by atoms with Gasteiger partial charge in [0.15, 0.2) is 0 Å². The minimum absolute atomic E-state index is 0.133. The Labute approximate surface area is 110 Å². The van der Waals surface area contributed by atoms with Gasteiger partial charge in [-0.3, -0.25) is 0 Å². The predicted molar refractivity (Wildman–Crippen MR) is 71.4 cm³/mol. The quantitative estimate of drug-likeness (QED) is 0.893. The van der Waals surface area contributed by atoms with Gasteiger partial charge in [0.05, 0.1) is 0 Å². The molecule has 17 heavy (non-hydrogen) atoms. The molecule has 94 valence electrons. The summed E-state index contributed by atoms with van der Waals surface area (Å²) in [5.74, 6) is 0.595. The zero-order valence-electron chi connectivity index (χ0n) is 9.81. The van der Waals surface area contributed by atoms with Crippen molar-refractivity contribution in [3.8, 4) is 0 Å². The van der Waals surface area contributed by atoms with Crippen molar-refractivity contribution in [2.45, 2.75) is 19.4 Å². The number of hydrogen-bond acceptors (Lipinski definition) is 2. The molecule has 0 aromatic heterocycles. The van der Waals surface area contributed by atoms with E-state index in [0.29, 0.717) is 6.54 Å². The summed E-state index contributed by atoms with van der Waals surface area (Å²) in [6, 6.07) is 5.07. The van der Waals surface area contributed by atoms with Crippen LogP contribution in [0.5, 0.6) is 0 Å². The lowest BCUT2D eigenvalue weighted by Crippen LogP contribution is -2.33. The van der Waals surface area contributed by atoms with Crippen LogP contribution in [0, 0.1) is 11.7 Å². The summed E-state index contributed by atoms with van der Waals surface area (Å²) in [7, 11) is 0. The molecule has 0 radical (unpaired) electrons. The fourth-order valence-electron chi connectivity index (χ4n) is 2.18. The molecule has 1 saturated heterocycles. The van der Waals surface area contributed by atoms with E-state index < -0.39 is 0 Å². The summed E-state index contributed by atoms with van der Waals surface area (Å²) in [6.45, 7) is 3.80. The summed E-state index contributed by atoms with van der Waals surface area (Å²) in [5, 5.41) is 6.70. The molecule has 0 unspecified atom stereocenters. The highest BCUT2D eigenvalue weighted by molar-refractivity contribution is 9.10. The summed E-state index contributed by atoms with van der Waals surface area (Å²) in [4.78, 5) is 0. The largest absolute Gasteiger partial charge is 0.317 e. The van der Waals surface area contributed by atoms with Crippen LogP contribution in [-0.2, 0) is 6.54 Å². The normalized spacial score (nSPS) is 17.3. The predicted octanol–water partition coefficient (Wildman–Crippen LogP) is 2.68. The molecular weight excluding hydrogens is 283 g/mol. The molecule has 0 atom stereocenters. The van der Waals surface area contributed by atoms with Crippen molar-refractivity contribution in [1.29, 1.82) is 0 Å². The molecule has 1 aromatic carbocycles. The summed E-state index contributed by atoms with van der Waals surface area (Å²) >= 11 is 3.36. The second-order valence-corrected chi connectivity index (χ2v) is 5.48. The zero-order chi connectivity index (χ0) is 12.1. The van der Waals surface area contributed by atoms with Gasteiger partial charge in [0.1, 0.15) is 5.82 Å². The average molecular weight is 301 g/mol. The minimum atomic E-state index is -0.133. The average Bonchev–Trinajstić information content (AvgIpc) is 2.35. The van der Waals surface area contributed by atoms with Crippen LogP contribution in [0.4, 0.5) is 4.39 Å². The van der Waals surface area contributed by atoms with Gasteiger partial charge < -0.3 is 10.6 Å². The molecule has 2 nitrogen and oxygen atoms in total. The molecule has 0 bridgehead atoms. The van der Waals surface area contributed by atoms with Crippen LogP contribution < -0.4 is 10.6 Å². The van der Waals surface area contributed by atoms with Crippen LogP contribution >= 0.6 is 15.9 Å². The van der Waals surface area contributed by atoms with Gasteiger partial charge in [0, 0.05) is 16.6 Å². The third kappa shape index (κ3) is 4.05. The van der Waals surface area contributed by atoms with Gasteiger partial charge in [-0.15, -0.1) is 0 Å². The van der Waals surface area contributed by atoms with E-state index in [1.165, 1.54) is 18.9 Å². The van der Waals surface area contributed by atoms with E-state index in [0.717, 1.165) is 35.6 Å². The molecule has 2 N–H and O–H groups in total. The van der Waals surface area contributed by atoms with Crippen molar-refractivity contribution in [2.75, 3.05) is 19.6 Å². The van der Waals surface area contributed by atoms with Crippen LogP contribution in [0.15, 0.2) is 22.7 Å². The monoisotopic (exact) mass is 300 g/mol. The number of halogens is 2. The Hall–Kier alpha value is -0.450. The highest BCUT2D eigenvalue weighted by atomic mass is 79.9. The van der Waals surface area contributed by atoms with Crippen LogP contribution in [-0.4, -0.2) is 19.6 Å². The molecule has 1 fully saturated rings. The number of piperidine rings is 1. The molecule has 0 amide bonds. The SMILES string of the molecule is Fc1ccc(Br)cc1CNCC1CCNCC1. The Bertz CT molecular complexity index is 364. The second kappa shape index (κ2) is 6.47. The fraction of sp³-hybridized carbons (Fsp3) is 0.538. The summed E-state index contributed by atoms with van der Waals surface area (Å²) in [5.41, 5.74) is 0.730. The maximum Gasteiger partial charge on any atom is 0.127 e. The van der Waals surface area contributed by atoms with Gasteiger partial charge in [-0.25, -0.2) is 4.39 Å². The first kappa shape index (κ1) is 13.0. The van der Waals surface area contributed by atoms with Crippen LogP contribution in [0.2, 0.25) is 0 Å². The fourth-order valence-corrected chi connectivity index (χ4v) is 2.58. The van der Waals surface area contributed by atoms with E-state index in [-0.39, 0.29) is 5.82 Å². The van der Waals surface area contributed by atoms with Crippen molar-refractivity contribution in [3.05, 3.63) is 34.1 Å². The van der Waals surface area contributed by atoms with Crippen molar-refractivity contribution < 1.29 is 4.39 Å². The first-order chi connectivity index (χ1) is 8.25. The topological polar surface area (TPSA) is 24.1 Å². The van der Waals surface area contributed by atoms with Crippen LogP contribution in [0.1, 0.15) is 18.4 Å². The van der Waals surface area contributed by atoms with Crippen molar-refractivity contribution in [2.24, 2.45) is 5.92 Å². The maximum atomic E-state index is 13.5. The highest BCUT2D eigenvalue weighted by Gasteiger charge is 2.12. The van der Waals surface area contributed by atoms with Gasteiger partial charge in [-0.2, -0.15) is 0 Å². The van der Waals surface area contributed by atoms with E-state index in [1.807, 2.05) is 6.07 Å².